The topological polar surface area (TPSA) is 57.0 Å². The number of hydrogen-bond donors (Lipinski definition) is 0. The largest absolute Gasteiger partial charge is 0.462 e. The summed E-state index contributed by atoms with van der Waals surface area (Å²) in [7, 11) is 0. The molecule has 0 saturated heterocycles. The third-order valence-electron chi connectivity index (χ3n) is 3.40. The van der Waals surface area contributed by atoms with Crippen LogP contribution in [0.2, 0.25) is 10.0 Å². The van der Waals surface area contributed by atoms with Crippen LogP contribution in [0.3, 0.4) is 0 Å². The lowest BCUT2D eigenvalue weighted by atomic mass is 10.2. The second-order valence-electron chi connectivity index (χ2n) is 5.27. The zero-order valence-electron chi connectivity index (χ0n) is 13.4. The number of halogens is 2. The highest BCUT2D eigenvalue weighted by Crippen LogP contribution is 2.25. The van der Waals surface area contributed by atoms with Gasteiger partial charge in [-0.2, -0.15) is 9.67 Å². The smallest absolute Gasteiger partial charge is 0.336 e. The first kappa shape index (κ1) is 17.5. The third-order valence-corrected chi connectivity index (χ3v) is 3.97. The van der Waals surface area contributed by atoms with Crippen LogP contribution in [0, 0.1) is 0 Å². The summed E-state index contributed by atoms with van der Waals surface area (Å²) >= 11 is 12.2. The van der Waals surface area contributed by atoms with Crippen LogP contribution in [0.15, 0.2) is 48.5 Å². The number of ether oxygens (including phenoxy) is 1. The molecule has 3 rings (SSSR count). The van der Waals surface area contributed by atoms with E-state index in [2.05, 4.69) is 10.1 Å². The van der Waals surface area contributed by atoms with Crippen molar-refractivity contribution >= 4 is 29.1 Å². The first-order valence-corrected chi connectivity index (χ1v) is 8.50. The van der Waals surface area contributed by atoms with Gasteiger partial charge in [0.2, 0.25) is 0 Å². The maximum atomic E-state index is 12.9. The molecule has 0 amide bonds. The van der Waals surface area contributed by atoms with Gasteiger partial charge in [-0.05, 0) is 30.7 Å². The number of carbonyl (C=O) groups is 1. The molecule has 128 valence electrons. The Morgan fingerprint density at radius 1 is 1.16 bits per heavy atom. The summed E-state index contributed by atoms with van der Waals surface area (Å²) in [5, 5.41) is 5.08. The van der Waals surface area contributed by atoms with Gasteiger partial charge in [-0.1, -0.05) is 54.4 Å². The zero-order chi connectivity index (χ0) is 17.8. The second-order valence-corrected chi connectivity index (χ2v) is 6.12. The molecule has 3 aromatic rings. The van der Waals surface area contributed by atoms with Crippen LogP contribution in [0.25, 0.3) is 11.4 Å². The van der Waals surface area contributed by atoms with Crippen LogP contribution >= 0.6 is 23.2 Å². The minimum absolute atomic E-state index is 0.136. The normalized spacial score (nSPS) is 10.7. The van der Waals surface area contributed by atoms with E-state index in [0.29, 0.717) is 33.6 Å². The molecule has 1 aromatic heterocycles. The van der Waals surface area contributed by atoms with Crippen LogP contribution in [0.1, 0.15) is 23.7 Å². The molecule has 0 unspecified atom stereocenters. The minimum Gasteiger partial charge on any atom is -0.462 e. The van der Waals surface area contributed by atoms with Gasteiger partial charge < -0.3 is 4.74 Å². The van der Waals surface area contributed by atoms with E-state index < -0.39 is 0 Å². The predicted octanol–water partition coefficient (Wildman–Crippen LogP) is 4.73. The van der Waals surface area contributed by atoms with Crippen LogP contribution in [0.4, 0.5) is 0 Å². The highest BCUT2D eigenvalue weighted by molar-refractivity contribution is 6.34. The van der Waals surface area contributed by atoms with E-state index in [1.807, 2.05) is 6.92 Å². The lowest BCUT2D eigenvalue weighted by Crippen LogP contribution is -2.15. The molecule has 0 N–H and O–H groups in total. The van der Waals surface area contributed by atoms with Crippen molar-refractivity contribution in [1.29, 1.82) is 0 Å². The molecular weight excluding hydrogens is 361 g/mol. The molecule has 7 heteroatoms. The Kier molecular flexibility index (Phi) is 5.36. The molecule has 0 aliphatic carbocycles. The van der Waals surface area contributed by atoms with Gasteiger partial charge >= 0.3 is 6.01 Å². The molecule has 0 spiro atoms. The van der Waals surface area contributed by atoms with Crippen molar-refractivity contribution in [2.45, 2.75) is 13.3 Å². The van der Waals surface area contributed by atoms with E-state index in [9.17, 15) is 4.79 Å². The minimum atomic E-state index is -0.389. The second kappa shape index (κ2) is 7.68. The SMILES string of the molecule is CCCOc1nc(-c2cccc(Cl)c2)n(C(=O)c2ccccc2Cl)n1. The molecule has 2 aromatic carbocycles. The summed E-state index contributed by atoms with van der Waals surface area (Å²) in [5.74, 6) is -0.0436. The van der Waals surface area contributed by atoms with Gasteiger partial charge in [-0.25, -0.2) is 0 Å². The summed E-state index contributed by atoms with van der Waals surface area (Å²) in [6.07, 6.45) is 0.805. The fourth-order valence-electron chi connectivity index (χ4n) is 2.25. The number of benzene rings is 2. The number of nitrogens with zero attached hydrogens (tertiary/aromatic N) is 3. The molecule has 0 aliphatic rings. The lowest BCUT2D eigenvalue weighted by molar-refractivity contribution is 0.0945. The fourth-order valence-corrected chi connectivity index (χ4v) is 2.66. The van der Waals surface area contributed by atoms with Gasteiger partial charge in [-0.15, -0.1) is 5.10 Å². The molecule has 0 saturated carbocycles. The summed E-state index contributed by atoms with van der Waals surface area (Å²) in [6, 6.07) is 14.0. The Balaban J connectivity index is 2.09. The average molecular weight is 376 g/mol. The molecule has 25 heavy (non-hydrogen) atoms. The van der Waals surface area contributed by atoms with Crippen molar-refractivity contribution in [3.8, 4) is 17.4 Å². The van der Waals surface area contributed by atoms with Crippen molar-refractivity contribution in [3.63, 3.8) is 0 Å². The highest BCUT2D eigenvalue weighted by atomic mass is 35.5. The molecule has 0 radical (unpaired) electrons. The Morgan fingerprint density at radius 2 is 1.96 bits per heavy atom. The van der Waals surface area contributed by atoms with Crippen LogP contribution in [0.5, 0.6) is 6.01 Å². The van der Waals surface area contributed by atoms with Gasteiger partial charge in [-0.3, -0.25) is 4.79 Å². The van der Waals surface area contributed by atoms with Crippen molar-refractivity contribution in [3.05, 3.63) is 64.1 Å². The predicted molar refractivity (Wildman–Crippen MR) is 97.4 cm³/mol. The number of aromatic nitrogens is 3. The fraction of sp³-hybridized carbons (Fsp3) is 0.167. The van der Waals surface area contributed by atoms with Gasteiger partial charge in [0.05, 0.1) is 17.2 Å². The van der Waals surface area contributed by atoms with Crippen molar-refractivity contribution in [2.24, 2.45) is 0 Å². The molecule has 0 fully saturated rings. The van der Waals surface area contributed by atoms with Gasteiger partial charge in [0.1, 0.15) is 0 Å². The van der Waals surface area contributed by atoms with E-state index in [-0.39, 0.29) is 11.9 Å². The van der Waals surface area contributed by atoms with Crippen LogP contribution in [-0.4, -0.2) is 27.3 Å². The summed E-state index contributed by atoms with van der Waals surface area (Å²) in [6.45, 7) is 2.43. The van der Waals surface area contributed by atoms with Gasteiger partial charge in [0.25, 0.3) is 5.91 Å². The van der Waals surface area contributed by atoms with Crippen molar-refractivity contribution < 1.29 is 9.53 Å². The highest BCUT2D eigenvalue weighted by Gasteiger charge is 2.21. The zero-order valence-corrected chi connectivity index (χ0v) is 15.0. The number of rotatable bonds is 5. The summed E-state index contributed by atoms with van der Waals surface area (Å²) in [5.41, 5.74) is 0.992. The number of carbonyl (C=O) groups excluding carboxylic acids is 1. The Hall–Kier alpha value is -2.37. The summed E-state index contributed by atoms with van der Waals surface area (Å²) < 4.78 is 6.68. The molecular formula is C18H15Cl2N3O2. The van der Waals surface area contributed by atoms with E-state index in [1.165, 1.54) is 4.68 Å². The van der Waals surface area contributed by atoms with Gasteiger partial charge in [0.15, 0.2) is 5.82 Å². The average Bonchev–Trinajstić information content (AvgIpc) is 3.04. The van der Waals surface area contributed by atoms with Gasteiger partial charge in [0, 0.05) is 10.6 Å². The Bertz CT molecular complexity index is 909. The van der Waals surface area contributed by atoms with E-state index in [4.69, 9.17) is 27.9 Å². The Morgan fingerprint density at radius 3 is 2.68 bits per heavy atom. The molecule has 5 nitrogen and oxygen atoms in total. The van der Waals surface area contributed by atoms with E-state index in [1.54, 1.807) is 48.5 Å². The maximum absolute atomic E-state index is 12.9. The molecule has 0 bridgehead atoms. The molecule has 0 aliphatic heterocycles. The molecule has 1 heterocycles. The monoisotopic (exact) mass is 375 g/mol. The third kappa shape index (κ3) is 3.83. The lowest BCUT2D eigenvalue weighted by Gasteiger charge is -2.06. The quantitative estimate of drug-likeness (QED) is 0.646. The first-order valence-electron chi connectivity index (χ1n) is 7.75. The first-order chi connectivity index (χ1) is 12.1. The molecule has 0 atom stereocenters. The maximum Gasteiger partial charge on any atom is 0.336 e. The Labute approximate surface area is 155 Å². The van der Waals surface area contributed by atoms with E-state index >= 15 is 0 Å². The summed E-state index contributed by atoms with van der Waals surface area (Å²) in [4.78, 5) is 17.3. The van der Waals surface area contributed by atoms with Crippen molar-refractivity contribution in [1.82, 2.24) is 14.8 Å². The van der Waals surface area contributed by atoms with Crippen molar-refractivity contribution in [2.75, 3.05) is 6.61 Å². The van der Waals surface area contributed by atoms with Crippen LogP contribution < -0.4 is 4.74 Å². The van der Waals surface area contributed by atoms with Crippen LogP contribution in [-0.2, 0) is 0 Å². The number of hydrogen-bond acceptors (Lipinski definition) is 4. The van der Waals surface area contributed by atoms with E-state index in [0.717, 1.165) is 6.42 Å². The standard InChI is InChI=1S/C18H15Cl2N3O2/c1-2-10-25-18-21-16(12-6-5-7-13(19)11-12)23(22-18)17(24)14-8-3-4-9-15(14)20/h3-9,11H,2,10H2,1H3.